The van der Waals surface area contributed by atoms with E-state index in [1.807, 2.05) is 18.2 Å². The van der Waals surface area contributed by atoms with Crippen LogP contribution in [0.2, 0.25) is 0 Å². The van der Waals surface area contributed by atoms with Crippen LogP contribution in [0.4, 0.5) is 0 Å². The summed E-state index contributed by atoms with van der Waals surface area (Å²) in [6.07, 6.45) is 7.15. The summed E-state index contributed by atoms with van der Waals surface area (Å²) in [7, 11) is 0. The van der Waals surface area contributed by atoms with Crippen LogP contribution in [0.1, 0.15) is 31.2 Å². The van der Waals surface area contributed by atoms with Gasteiger partial charge in [-0.05, 0) is 48.4 Å². The first kappa shape index (κ1) is 14.1. The van der Waals surface area contributed by atoms with Crippen molar-refractivity contribution in [2.24, 2.45) is 5.92 Å². The molecule has 2 aliphatic rings. The van der Waals surface area contributed by atoms with Gasteiger partial charge in [0.05, 0.1) is 12.7 Å². The lowest BCUT2D eigenvalue weighted by atomic mass is 10.0. The second kappa shape index (κ2) is 5.37. The lowest BCUT2D eigenvalue weighted by molar-refractivity contribution is -0.131. The molecular formula is C21H21NO2. The number of nitrogens with zero attached hydrogens (tertiary/aromatic N) is 1. The Morgan fingerprint density at radius 3 is 2.71 bits per heavy atom. The number of fused-ring (bicyclic) bond motifs is 3. The van der Waals surface area contributed by atoms with Crippen LogP contribution >= 0.6 is 0 Å². The first-order chi connectivity index (χ1) is 11.8. The van der Waals surface area contributed by atoms with Gasteiger partial charge in [-0.1, -0.05) is 30.3 Å². The van der Waals surface area contributed by atoms with Crippen LogP contribution in [-0.4, -0.2) is 23.4 Å². The highest BCUT2D eigenvalue weighted by Gasteiger charge is 2.36. The summed E-state index contributed by atoms with van der Waals surface area (Å²) in [6.45, 7) is 0.958. The third kappa shape index (κ3) is 2.48. The van der Waals surface area contributed by atoms with Gasteiger partial charge in [0.1, 0.15) is 5.58 Å². The van der Waals surface area contributed by atoms with E-state index in [9.17, 15) is 4.79 Å². The van der Waals surface area contributed by atoms with Crippen molar-refractivity contribution in [2.75, 3.05) is 6.54 Å². The molecule has 2 aliphatic carbocycles. The van der Waals surface area contributed by atoms with Crippen molar-refractivity contribution in [1.82, 2.24) is 4.90 Å². The van der Waals surface area contributed by atoms with Crippen LogP contribution in [0.15, 0.2) is 47.1 Å². The fourth-order valence-corrected chi connectivity index (χ4v) is 3.69. The molecule has 2 aromatic carbocycles. The predicted molar refractivity (Wildman–Crippen MR) is 94.9 cm³/mol. The minimum absolute atomic E-state index is 0.264. The monoisotopic (exact) mass is 319 g/mol. The summed E-state index contributed by atoms with van der Waals surface area (Å²) in [6, 6.07) is 12.9. The van der Waals surface area contributed by atoms with Crippen molar-refractivity contribution in [2.45, 2.75) is 38.1 Å². The molecule has 3 nitrogen and oxygen atoms in total. The predicted octanol–water partition coefficient (Wildman–Crippen LogP) is 4.53. The molecule has 0 unspecified atom stereocenters. The molecule has 2 saturated carbocycles. The molecule has 0 aliphatic heterocycles. The zero-order valence-corrected chi connectivity index (χ0v) is 13.7. The zero-order valence-electron chi connectivity index (χ0n) is 13.7. The third-order valence-electron chi connectivity index (χ3n) is 5.34. The van der Waals surface area contributed by atoms with Crippen molar-refractivity contribution in [3.8, 4) is 0 Å². The lowest BCUT2D eigenvalue weighted by Gasteiger charge is -2.22. The van der Waals surface area contributed by atoms with Crippen LogP contribution in [-0.2, 0) is 11.2 Å². The van der Waals surface area contributed by atoms with Gasteiger partial charge in [0.15, 0.2) is 0 Å². The van der Waals surface area contributed by atoms with Crippen LogP contribution in [0.25, 0.3) is 21.7 Å². The molecule has 0 saturated heterocycles. The van der Waals surface area contributed by atoms with Crippen LogP contribution < -0.4 is 0 Å². The molecule has 1 aromatic heterocycles. The van der Waals surface area contributed by atoms with E-state index in [0.717, 1.165) is 29.0 Å². The first-order valence-corrected chi connectivity index (χ1v) is 8.97. The highest BCUT2D eigenvalue weighted by atomic mass is 16.3. The van der Waals surface area contributed by atoms with E-state index in [1.54, 1.807) is 6.26 Å². The van der Waals surface area contributed by atoms with Crippen molar-refractivity contribution >= 4 is 27.6 Å². The van der Waals surface area contributed by atoms with Gasteiger partial charge in [0.2, 0.25) is 5.91 Å². The Labute approximate surface area is 141 Å². The van der Waals surface area contributed by atoms with Gasteiger partial charge < -0.3 is 9.32 Å². The molecule has 24 heavy (non-hydrogen) atoms. The zero-order chi connectivity index (χ0) is 16.1. The fourth-order valence-electron chi connectivity index (χ4n) is 3.69. The number of rotatable bonds is 5. The number of hydrogen-bond donors (Lipinski definition) is 0. The number of benzene rings is 2. The number of carbonyl (C=O) groups is 1. The summed E-state index contributed by atoms with van der Waals surface area (Å²) < 4.78 is 5.74. The van der Waals surface area contributed by atoms with Crippen LogP contribution in [0, 0.1) is 5.92 Å². The first-order valence-electron chi connectivity index (χ1n) is 8.97. The van der Waals surface area contributed by atoms with E-state index < -0.39 is 0 Å². The largest absolute Gasteiger partial charge is 0.464 e. The Bertz CT molecular complexity index is 918. The fraction of sp³-hybridized carbons (Fsp3) is 0.381. The third-order valence-corrected chi connectivity index (χ3v) is 5.34. The molecule has 0 bridgehead atoms. The molecule has 1 heterocycles. The maximum absolute atomic E-state index is 12.9. The number of hydrogen-bond acceptors (Lipinski definition) is 2. The van der Waals surface area contributed by atoms with Gasteiger partial charge in [0, 0.05) is 23.5 Å². The summed E-state index contributed by atoms with van der Waals surface area (Å²) in [5.41, 5.74) is 1.89. The molecule has 1 amide bonds. The summed E-state index contributed by atoms with van der Waals surface area (Å²) >= 11 is 0. The number of amides is 1. The SMILES string of the molecule is O=C(Cc1coc2ccc3ccccc3c12)N(CC1CC1)C1CC1. The van der Waals surface area contributed by atoms with Gasteiger partial charge in [-0.3, -0.25) is 4.79 Å². The Kier molecular flexibility index (Phi) is 3.15. The van der Waals surface area contributed by atoms with E-state index in [1.165, 1.54) is 36.5 Å². The molecule has 3 heteroatoms. The Morgan fingerprint density at radius 2 is 1.92 bits per heavy atom. The Balaban J connectivity index is 1.49. The highest BCUT2D eigenvalue weighted by molar-refractivity contribution is 6.08. The molecule has 5 rings (SSSR count). The Morgan fingerprint density at radius 1 is 1.08 bits per heavy atom. The lowest BCUT2D eigenvalue weighted by Crippen LogP contribution is -2.36. The Hall–Kier alpha value is -2.29. The second-order valence-electron chi connectivity index (χ2n) is 7.32. The molecule has 3 aromatic rings. The van der Waals surface area contributed by atoms with Gasteiger partial charge in [-0.2, -0.15) is 0 Å². The van der Waals surface area contributed by atoms with Gasteiger partial charge in [0.25, 0.3) is 0 Å². The standard InChI is InChI=1S/C21H21NO2/c23-20(22(17-8-9-17)12-14-5-6-14)11-16-13-24-19-10-7-15-3-1-2-4-18(15)21(16)19/h1-4,7,10,13-14,17H,5-6,8-9,11-12H2. The average Bonchev–Trinajstić information content (AvgIpc) is 3.51. The molecule has 0 atom stereocenters. The second-order valence-corrected chi connectivity index (χ2v) is 7.32. The van der Waals surface area contributed by atoms with Crippen molar-refractivity contribution in [3.05, 3.63) is 48.2 Å². The minimum Gasteiger partial charge on any atom is -0.464 e. The van der Waals surface area contributed by atoms with Crippen molar-refractivity contribution < 1.29 is 9.21 Å². The summed E-state index contributed by atoms with van der Waals surface area (Å²) in [5.74, 6) is 1.01. The van der Waals surface area contributed by atoms with Crippen molar-refractivity contribution in [1.29, 1.82) is 0 Å². The van der Waals surface area contributed by atoms with E-state index >= 15 is 0 Å². The number of furan rings is 1. The molecule has 122 valence electrons. The van der Waals surface area contributed by atoms with E-state index in [2.05, 4.69) is 23.1 Å². The maximum atomic E-state index is 12.9. The van der Waals surface area contributed by atoms with E-state index in [4.69, 9.17) is 4.42 Å². The van der Waals surface area contributed by atoms with Gasteiger partial charge >= 0.3 is 0 Å². The summed E-state index contributed by atoms with van der Waals surface area (Å²) in [4.78, 5) is 15.1. The normalized spacial score (nSPS) is 17.5. The van der Waals surface area contributed by atoms with Crippen LogP contribution in [0.3, 0.4) is 0 Å². The molecule has 0 N–H and O–H groups in total. The molecular weight excluding hydrogens is 298 g/mol. The molecule has 0 radical (unpaired) electrons. The topological polar surface area (TPSA) is 33.5 Å². The quantitative estimate of drug-likeness (QED) is 0.692. The van der Waals surface area contributed by atoms with Gasteiger partial charge in [-0.25, -0.2) is 0 Å². The minimum atomic E-state index is 0.264. The van der Waals surface area contributed by atoms with Gasteiger partial charge in [-0.15, -0.1) is 0 Å². The average molecular weight is 319 g/mol. The highest BCUT2D eigenvalue weighted by Crippen LogP contribution is 2.36. The maximum Gasteiger partial charge on any atom is 0.227 e. The summed E-state index contributed by atoms with van der Waals surface area (Å²) in [5, 5.41) is 3.47. The molecule has 2 fully saturated rings. The molecule has 0 spiro atoms. The van der Waals surface area contributed by atoms with E-state index in [-0.39, 0.29) is 5.91 Å². The number of carbonyl (C=O) groups excluding carboxylic acids is 1. The smallest absolute Gasteiger partial charge is 0.227 e. The van der Waals surface area contributed by atoms with E-state index in [0.29, 0.717) is 12.5 Å². The van der Waals surface area contributed by atoms with Crippen LogP contribution in [0.5, 0.6) is 0 Å². The van der Waals surface area contributed by atoms with Crippen molar-refractivity contribution in [3.63, 3.8) is 0 Å².